The molecule has 0 radical (unpaired) electrons. The molecule has 1 unspecified atom stereocenters. The molecule has 1 atom stereocenters. The first-order chi connectivity index (χ1) is 21.6. The first kappa shape index (κ1) is 42.7. The van der Waals surface area contributed by atoms with Crippen LogP contribution in [0.25, 0.3) is 0 Å². The van der Waals surface area contributed by atoms with E-state index in [1.165, 1.54) is 154 Å². The Balaban J connectivity index is 3.53. The van der Waals surface area contributed by atoms with Crippen LogP contribution in [-0.4, -0.2) is 23.1 Å². The minimum Gasteiger partial charge on any atom is -0.479 e. The van der Waals surface area contributed by atoms with Gasteiger partial charge in [-0.15, -0.1) is 0 Å². The highest BCUT2D eigenvalue weighted by molar-refractivity contribution is 5.77. The van der Waals surface area contributed by atoms with Crippen molar-refractivity contribution in [3.8, 4) is 0 Å². The van der Waals surface area contributed by atoms with Crippen LogP contribution in [0.15, 0.2) is 12.2 Å². The van der Waals surface area contributed by atoms with E-state index in [1.54, 1.807) is 0 Å². The molecule has 0 spiro atoms. The van der Waals surface area contributed by atoms with Gasteiger partial charge in [0.05, 0.1) is 0 Å². The lowest BCUT2D eigenvalue weighted by Gasteiger charge is -2.13. The molecule has 4 heteroatoms. The number of carboxylic acid groups (broad SMARTS) is 1. The zero-order valence-electron chi connectivity index (χ0n) is 29.7. The summed E-state index contributed by atoms with van der Waals surface area (Å²) >= 11 is 0. The van der Waals surface area contributed by atoms with Crippen LogP contribution in [-0.2, 0) is 14.3 Å². The van der Waals surface area contributed by atoms with Gasteiger partial charge >= 0.3 is 11.9 Å². The Kier molecular flexibility index (Phi) is 35.1. The van der Waals surface area contributed by atoms with E-state index in [0.717, 1.165) is 44.9 Å². The van der Waals surface area contributed by atoms with Crippen molar-refractivity contribution < 1.29 is 19.4 Å². The van der Waals surface area contributed by atoms with Crippen molar-refractivity contribution in [3.05, 3.63) is 12.2 Å². The van der Waals surface area contributed by atoms with Gasteiger partial charge in [0.15, 0.2) is 6.10 Å². The molecular weight excluding hydrogens is 544 g/mol. The van der Waals surface area contributed by atoms with Gasteiger partial charge in [0.1, 0.15) is 0 Å². The summed E-state index contributed by atoms with van der Waals surface area (Å²) in [5.74, 6) is -1.35. The number of carboxylic acids is 1. The number of hydrogen-bond acceptors (Lipinski definition) is 3. The first-order valence-corrected chi connectivity index (χ1v) is 19.7. The molecule has 0 aliphatic rings. The summed E-state index contributed by atoms with van der Waals surface area (Å²) in [6, 6.07) is 0. The molecule has 0 aromatic carbocycles. The van der Waals surface area contributed by atoms with Gasteiger partial charge in [0.25, 0.3) is 0 Å². The highest BCUT2D eigenvalue weighted by Crippen LogP contribution is 2.16. The molecule has 1 N–H and O–H groups in total. The molecule has 0 saturated carbocycles. The van der Waals surface area contributed by atoms with Crippen LogP contribution in [0, 0.1) is 0 Å². The van der Waals surface area contributed by atoms with Crippen molar-refractivity contribution in [2.75, 3.05) is 0 Å². The highest BCUT2D eigenvalue weighted by atomic mass is 16.6. The van der Waals surface area contributed by atoms with Crippen molar-refractivity contribution in [1.29, 1.82) is 0 Å². The van der Waals surface area contributed by atoms with Crippen LogP contribution in [0.3, 0.4) is 0 Å². The Hall–Kier alpha value is -1.32. The van der Waals surface area contributed by atoms with E-state index in [4.69, 9.17) is 4.74 Å². The molecule has 0 aliphatic carbocycles. The Morgan fingerprint density at radius 2 is 0.795 bits per heavy atom. The topological polar surface area (TPSA) is 63.6 Å². The maximum atomic E-state index is 12.2. The summed E-state index contributed by atoms with van der Waals surface area (Å²) in [4.78, 5) is 23.8. The van der Waals surface area contributed by atoms with Crippen molar-refractivity contribution in [1.82, 2.24) is 0 Å². The van der Waals surface area contributed by atoms with E-state index in [0.29, 0.717) is 12.8 Å². The van der Waals surface area contributed by atoms with Gasteiger partial charge in [-0.05, 0) is 44.9 Å². The van der Waals surface area contributed by atoms with E-state index in [2.05, 4.69) is 26.0 Å². The molecule has 44 heavy (non-hydrogen) atoms. The van der Waals surface area contributed by atoms with Crippen LogP contribution in [0.2, 0.25) is 0 Å². The Morgan fingerprint density at radius 3 is 1.16 bits per heavy atom. The number of hydrogen-bond donors (Lipinski definition) is 1. The van der Waals surface area contributed by atoms with Gasteiger partial charge in [-0.1, -0.05) is 187 Å². The lowest BCUT2D eigenvalue weighted by atomic mass is 10.0. The minimum absolute atomic E-state index is 0.334. The fourth-order valence-corrected chi connectivity index (χ4v) is 6.02. The van der Waals surface area contributed by atoms with Crippen LogP contribution in [0.5, 0.6) is 0 Å². The fourth-order valence-electron chi connectivity index (χ4n) is 6.02. The maximum absolute atomic E-state index is 12.2. The smallest absolute Gasteiger partial charge is 0.345 e. The molecule has 0 aliphatic heterocycles. The second kappa shape index (κ2) is 36.2. The maximum Gasteiger partial charge on any atom is 0.345 e. The number of carbonyl (C=O) groups is 2. The molecule has 0 fully saturated rings. The summed E-state index contributed by atoms with van der Waals surface area (Å²) in [5, 5.41) is 9.49. The van der Waals surface area contributed by atoms with E-state index < -0.39 is 12.1 Å². The lowest BCUT2D eigenvalue weighted by Crippen LogP contribution is -2.27. The quantitative estimate of drug-likeness (QED) is 0.0430. The molecule has 0 rings (SSSR count). The molecule has 260 valence electrons. The van der Waals surface area contributed by atoms with Gasteiger partial charge < -0.3 is 9.84 Å². The third-order valence-corrected chi connectivity index (χ3v) is 9.01. The van der Waals surface area contributed by atoms with Gasteiger partial charge in [-0.25, -0.2) is 4.79 Å². The predicted octanol–water partition coefficient (Wildman–Crippen LogP) is 13.5. The highest BCUT2D eigenvalue weighted by Gasteiger charge is 2.21. The number of aliphatic carboxylic acids is 1. The summed E-state index contributed by atoms with van der Waals surface area (Å²) in [6.45, 7) is 4.54. The normalized spacial score (nSPS) is 12.2. The standard InChI is InChI=1S/C40H76O4/c1-3-5-7-9-11-13-15-17-19-20-21-23-24-26-28-30-32-34-36-38(40(42)43)44-39(41)37-35-33-31-29-27-25-22-18-16-14-12-10-8-6-4-2/h18,22,38H,3-17,19-21,23-37H2,1-2H3,(H,42,43)/b22-18-. The van der Waals surface area contributed by atoms with Crippen molar-refractivity contribution >= 4 is 11.9 Å². The van der Waals surface area contributed by atoms with Gasteiger partial charge in [-0.3, -0.25) is 4.79 Å². The summed E-state index contributed by atoms with van der Waals surface area (Å²) in [7, 11) is 0. The molecule has 0 aromatic rings. The van der Waals surface area contributed by atoms with E-state index in [9.17, 15) is 14.7 Å². The largest absolute Gasteiger partial charge is 0.479 e. The van der Waals surface area contributed by atoms with E-state index in [-0.39, 0.29) is 5.97 Å². The van der Waals surface area contributed by atoms with Crippen molar-refractivity contribution in [2.24, 2.45) is 0 Å². The number of carbonyl (C=O) groups excluding carboxylic acids is 1. The summed E-state index contributed by atoms with van der Waals surface area (Å²) in [5.41, 5.74) is 0. The van der Waals surface area contributed by atoms with E-state index >= 15 is 0 Å². The SMILES string of the molecule is CCCCCCCC/C=C\CCCCCCCC(=O)OC(CCCCCCCCCCCCCCCCCCCC)C(=O)O. The summed E-state index contributed by atoms with van der Waals surface area (Å²) < 4.78 is 5.32. The first-order valence-electron chi connectivity index (χ1n) is 19.7. The molecular formula is C40H76O4. The molecule has 0 bridgehead atoms. The second-order valence-electron chi connectivity index (χ2n) is 13.5. The van der Waals surface area contributed by atoms with Gasteiger partial charge in [0.2, 0.25) is 0 Å². The number of rotatable bonds is 36. The number of allylic oxidation sites excluding steroid dienone is 2. The third kappa shape index (κ3) is 33.6. The average molecular weight is 621 g/mol. The zero-order chi connectivity index (χ0) is 32.2. The van der Waals surface area contributed by atoms with Crippen LogP contribution >= 0.6 is 0 Å². The summed E-state index contributed by atoms with van der Waals surface area (Å²) in [6.07, 6.45) is 43.9. The Labute approximate surface area is 275 Å². The lowest BCUT2D eigenvalue weighted by molar-refractivity contribution is -0.164. The molecule has 0 amide bonds. The monoisotopic (exact) mass is 621 g/mol. The molecule has 0 aromatic heterocycles. The van der Waals surface area contributed by atoms with Gasteiger partial charge in [0, 0.05) is 6.42 Å². The Morgan fingerprint density at radius 1 is 0.477 bits per heavy atom. The van der Waals surface area contributed by atoms with Crippen LogP contribution < -0.4 is 0 Å². The predicted molar refractivity (Wildman–Crippen MR) is 190 cm³/mol. The van der Waals surface area contributed by atoms with Crippen LogP contribution in [0.1, 0.15) is 226 Å². The average Bonchev–Trinajstić information content (AvgIpc) is 3.01. The molecule has 0 heterocycles. The molecule has 0 saturated heterocycles. The number of unbranched alkanes of at least 4 members (excludes halogenated alkanes) is 28. The minimum atomic E-state index is -1.00. The van der Waals surface area contributed by atoms with Crippen molar-refractivity contribution in [2.45, 2.75) is 232 Å². The second-order valence-corrected chi connectivity index (χ2v) is 13.5. The van der Waals surface area contributed by atoms with Crippen LogP contribution in [0.4, 0.5) is 0 Å². The Bertz CT molecular complexity index is 629. The number of esters is 1. The molecule has 4 nitrogen and oxygen atoms in total. The zero-order valence-corrected chi connectivity index (χ0v) is 29.7. The third-order valence-electron chi connectivity index (χ3n) is 9.01. The van der Waals surface area contributed by atoms with Gasteiger partial charge in [-0.2, -0.15) is 0 Å². The van der Waals surface area contributed by atoms with Crippen molar-refractivity contribution in [3.63, 3.8) is 0 Å². The fraction of sp³-hybridized carbons (Fsp3) is 0.900. The van der Waals surface area contributed by atoms with E-state index in [1.807, 2.05) is 0 Å². The number of ether oxygens (including phenoxy) is 1.